The van der Waals surface area contributed by atoms with Crippen LogP contribution in [-0.2, 0) is 4.79 Å². The maximum atomic E-state index is 11.5. The second kappa shape index (κ2) is 8.51. The Labute approximate surface area is 106 Å². The lowest BCUT2D eigenvalue weighted by Crippen LogP contribution is -2.27. The lowest BCUT2D eigenvalue weighted by molar-refractivity contribution is -0.121. The molecule has 3 heteroatoms. The molecule has 0 bridgehead atoms. The van der Waals surface area contributed by atoms with Gasteiger partial charge < -0.3 is 10.6 Å². The average Bonchev–Trinajstić information content (AvgIpc) is 2.32. The fourth-order valence-corrected chi connectivity index (χ4v) is 2.55. The van der Waals surface area contributed by atoms with E-state index in [0.717, 1.165) is 31.3 Å². The van der Waals surface area contributed by atoms with Crippen LogP contribution >= 0.6 is 0 Å². The minimum Gasteiger partial charge on any atom is -0.356 e. The van der Waals surface area contributed by atoms with Gasteiger partial charge in [0.1, 0.15) is 0 Å². The van der Waals surface area contributed by atoms with Gasteiger partial charge >= 0.3 is 0 Å². The molecule has 0 saturated heterocycles. The van der Waals surface area contributed by atoms with Gasteiger partial charge in [-0.1, -0.05) is 32.6 Å². The molecule has 100 valence electrons. The van der Waals surface area contributed by atoms with Crippen LogP contribution in [0, 0.1) is 11.8 Å². The van der Waals surface area contributed by atoms with Crippen molar-refractivity contribution in [1.29, 1.82) is 0 Å². The van der Waals surface area contributed by atoms with Crippen LogP contribution in [0.5, 0.6) is 0 Å². The Bertz CT molecular complexity index is 210. The fourth-order valence-electron chi connectivity index (χ4n) is 2.55. The van der Waals surface area contributed by atoms with E-state index in [1.807, 2.05) is 7.05 Å². The van der Waals surface area contributed by atoms with E-state index in [-0.39, 0.29) is 5.91 Å². The monoisotopic (exact) mass is 240 g/mol. The topological polar surface area (TPSA) is 41.1 Å². The summed E-state index contributed by atoms with van der Waals surface area (Å²) >= 11 is 0. The molecule has 0 atom stereocenters. The fraction of sp³-hybridized carbons (Fsp3) is 0.929. The van der Waals surface area contributed by atoms with Crippen molar-refractivity contribution >= 4 is 5.91 Å². The van der Waals surface area contributed by atoms with Crippen LogP contribution in [0.25, 0.3) is 0 Å². The highest BCUT2D eigenvalue weighted by molar-refractivity contribution is 5.75. The largest absolute Gasteiger partial charge is 0.356 e. The molecule has 1 aliphatic rings. The molecule has 1 rings (SSSR count). The number of nitrogens with one attached hydrogen (secondary N) is 2. The lowest BCUT2D eigenvalue weighted by Gasteiger charge is -2.26. The van der Waals surface area contributed by atoms with Gasteiger partial charge in [-0.15, -0.1) is 0 Å². The molecule has 1 saturated carbocycles. The molecule has 0 radical (unpaired) electrons. The Balaban J connectivity index is 1.97. The lowest BCUT2D eigenvalue weighted by atomic mass is 9.81. The summed E-state index contributed by atoms with van der Waals surface area (Å²) in [6.45, 7) is 4.14. The van der Waals surface area contributed by atoms with E-state index in [2.05, 4.69) is 17.6 Å². The molecule has 1 aliphatic carbocycles. The number of hydrogen-bond acceptors (Lipinski definition) is 2. The number of hydrogen-bond donors (Lipinski definition) is 2. The molecular formula is C14H28N2O. The average molecular weight is 240 g/mol. The second-order valence-electron chi connectivity index (χ2n) is 5.47. The zero-order valence-electron chi connectivity index (χ0n) is 11.4. The first-order valence-electron chi connectivity index (χ1n) is 7.13. The molecule has 0 aliphatic heterocycles. The number of rotatable bonds is 7. The van der Waals surface area contributed by atoms with Crippen LogP contribution in [-0.4, -0.2) is 26.0 Å². The third kappa shape index (κ3) is 6.67. The van der Waals surface area contributed by atoms with E-state index in [4.69, 9.17) is 0 Å². The predicted octanol–water partition coefficient (Wildman–Crippen LogP) is 2.32. The molecular weight excluding hydrogens is 212 g/mol. The molecule has 1 amide bonds. The molecule has 0 aromatic carbocycles. The van der Waals surface area contributed by atoms with Crippen molar-refractivity contribution in [3.8, 4) is 0 Å². The minimum absolute atomic E-state index is 0.212. The molecule has 0 heterocycles. The van der Waals surface area contributed by atoms with Crippen molar-refractivity contribution < 1.29 is 4.79 Å². The Kier molecular flexibility index (Phi) is 7.25. The first-order chi connectivity index (χ1) is 8.22. The molecule has 3 nitrogen and oxygen atoms in total. The summed E-state index contributed by atoms with van der Waals surface area (Å²) in [7, 11) is 1.92. The van der Waals surface area contributed by atoms with Crippen molar-refractivity contribution in [2.75, 3.05) is 20.1 Å². The Morgan fingerprint density at radius 2 is 1.88 bits per heavy atom. The second-order valence-corrected chi connectivity index (χ2v) is 5.47. The Morgan fingerprint density at radius 3 is 2.53 bits per heavy atom. The summed E-state index contributed by atoms with van der Waals surface area (Å²) in [5.41, 5.74) is 0. The van der Waals surface area contributed by atoms with Crippen LogP contribution < -0.4 is 10.6 Å². The van der Waals surface area contributed by atoms with E-state index in [9.17, 15) is 4.79 Å². The van der Waals surface area contributed by atoms with Gasteiger partial charge in [0, 0.05) is 13.0 Å². The zero-order chi connectivity index (χ0) is 12.5. The number of amides is 1. The van der Waals surface area contributed by atoms with Crippen molar-refractivity contribution in [2.24, 2.45) is 11.8 Å². The predicted molar refractivity (Wildman–Crippen MR) is 71.9 cm³/mol. The van der Waals surface area contributed by atoms with Crippen LogP contribution in [0.2, 0.25) is 0 Å². The highest BCUT2D eigenvalue weighted by Gasteiger charge is 2.17. The molecule has 17 heavy (non-hydrogen) atoms. The van der Waals surface area contributed by atoms with Gasteiger partial charge in [0.15, 0.2) is 0 Å². The maximum absolute atomic E-state index is 11.5. The van der Waals surface area contributed by atoms with Gasteiger partial charge in [0.05, 0.1) is 0 Å². The molecule has 0 aromatic rings. The van der Waals surface area contributed by atoms with E-state index >= 15 is 0 Å². The third-order valence-electron chi connectivity index (χ3n) is 3.84. The summed E-state index contributed by atoms with van der Waals surface area (Å²) in [6, 6.07) is 0. The van der Waals surface area contributed by atoms with Crippen LogP contribution in [0.15, 0.2) is 0 Å². The minimum atomic E-state index is 0.212. The normalized spacial score (nSPS) is 24.6. The Hall–Kier alpha value is -0.570. The van der Waals surface area contributed by atoms with Gasteiger partial charge in [-0.05, 0) is 38.3 Å². The molecule has 0 unspecified atom stereocenters. The Morgan fingerprint density at radius 1 is 1.18 bits per heavy atom. The van der Waals surface area contributed by atoms with Gasteiger partial charge in [0.2, 0.25) is 5.91 Å². The maximum Gasteiger partial charge on any atom is 0.220 e. The van der Waals surface area contributed by atoms with Crippen molar-refractivity contribution in [2.45, 2.75) is 51.9 Å². The first-order valence-corrected chi connectivity index (χ1v) is 7.13. The van der Waals surface area contributed by atoms with Crippen molar-refractivity contribution in [3.63, 3.8) is 0 Å². The summed E-state index contributed by atoms with van der Waals surface area (Å²) < 4.78 is 0. The number of carbonyl (C=O) groups excluding carboxylic acids is 1. The summed E-state index contributed by atoms with van der Waals surface area (Å²) in [6.07, 6.45) is 8.23. The molecule has 0 spiro atoms. The van der Waals surface area contributed by atoms with Crippen LogP contribution in [0.3, 0.4) is 0 Å². The molecule has 2 N–H and O–H groups in total. The van der Waals surface area contributed by atoms with Gasteiger partial charge in [0.25, 0.3) is 0 Å². The molecule has 0 aromatic heterocycles. The van der Waals surface area contributed by atoms with E-state index in [1.165, 1.54) is 32.1 Å². The molecule has 1 fully saturated rings. The van der Waals surface area contributed by atoms with Crippen molar-refractivity contribution in [3.05, 3.63) is 0 Å². The van der Waals surface area contributed by atoms with E-state index < -0.39 is 0 Å². The van der Waals surface area contributed by atoms with Crippen LogP contribution in [0.1, 0.15) is 51.9 Å². The van der Waals surface area contributed by atoms with Gasteiger partial charge in [-0.25, -0.2) is 0 Å². The quantitative estimate of drug-likeness (QED) is 0.671. The van der Waals surface area contributed by atoms with Crippen molar-refractivity contribution in [1.82, 2.24) is 10.6 Å². The standard InChI is InChI=1S/C14H28N2O/c1-12-5-7-13(8-6-12)9-11-16-14(17)4-3-10-15-2/h12-13,15H,3-11H2,1-2H3,(H,16,17). The van der Waals surface area contributed by atoms with Crippen LogP contribution in [0.4, 0.5) is 0 Å². The van der Waals surface area contributed by atoms with Gasteiger partial charge in [-0.3, -0.25) is 4.79 Å². The SMILES string of the molecule is CNCCCC(=O)NCCC1CCC(C)CC1. The highest BCUT2D eigenvalue weighted by atomic mass is 16.1. The smallest absolute Gasteiger partial charge is 0.220 e. The summed E-state index contributed by atoms with van der Waals surface area (Å²) in [5.74, 6) is 1.98. The zero-order valence-corrected chi connectivity index (χ0v) is 11.4. The summed E-state index contributed by atoms with van der Waals surface area (Å²) in [5, 5.41) is 6.09. The first kappa shape index (κ1) is 14.5. The van der Waals surface area contributed by atoms with Gasteiger partial charge in [-0.2, -0.15) is 0 Å². The van der Waals surface area contributed by atoms with E-state index in [0.29, 0.717) is 6.42 Å². The third-order valence-corrected chi connectivity index (χ3v) is 3.84. The highest BCUT2D eigenvalue weighted by Crippen LogP contribution is 2.29. The van der Waals surface area contributed by atoms with E-state index in [1.54, 1.807) is 0 Å². The number of carbonyl (C=O) groups is 1. The summed E-state index contributed by atoms with van der Waals surface area (Å²) in [4.78, 5) is 11.5.